The fourth-order valence-electron chi connectivity index (χ4n) is 3.32. The van der Waals surface area contributed by atoms with E-state index < -0.39 is 0 Å². The number of carbonyl (C=O) groups is 1. The zero-order chi connectivity index (χ0) is 20.3. The van der Waals surface area contributed by atoms with E-state index in [9.17, 15) is 4.79 Å². The fourth-order valence-corrected chi connectivity index (χ4v) is 3.32. The van der Waals surface area contributed by atoms with Gasteiger partial charge in [-0.2, -0.15) is 0 Å². The van der Waals surface area contributed by atoms with Crippen molar-refractivity contribution in [2.24, 2.45) is 0 Å². The van der Waals surface area contributed by atoms with Crippen LogP contribution in [0.4, 0.5) is 5.69 Å². The van der Waals surface area contributed by atoms with Crippen molar-refractivity contribution in [1.82, 2.24) is 4.98 Å². The molecule has 0 aliphatic carbocycles. The van der Waals surface area contributed by atoms with E-state index in [1.54, 1.807) is 30.5 Å². The van der Waals surface area contributed by atoms with Crippen molar-refractivity contribution in [3.8, 4) is 34.3 Å². The van der Waals surface area contributed by atoms with Gasteiger partial charge in [0.05, 0.1) is 11.8 Å². The number of aromatic nitrogens is 1. The molecular weight excluding hydrogens is 380 g/mol. The van der Waals surface area contributed by atoms with Gasteiger partial charge in [0.1, 0.15) is 13.2 Å². The monoisotopic (exact) mass is 398 g/mol. The Labute approximate surface area is 173 Å². The number of amides is 1. The van der Waals surface area contributed by atoms with E-state index >= 15 is 0 Å². The maximum Gasteiger partial charge on any atom is 0.256 e. The topological polar surface area (TPSA) is 73.6 Å². The lowest BCUT2D eigenvalue weighted by atomic mass is 10.1. The third-order valence-corrected chi connectivity index (χ3v) is 4.77. The van der Waals surface area contributed by atoms with Gasteiger partial charge in [0, 0.05) is 22.9 Å². The van der Waals surface area contributed by atoms with Gasteiger partial charge in [-0.15, -0.1) is 0 Å². The molecule has 6 nitrogen and oxygen atoms in total. The van der Waals surface area contributed by atoms with Crippen molar-refractivity contribution in [1.29, 1.82) is 0 Å². The minimum absolute atomic E-state index is 0.262. The largest absolute Gasteiger partial charge is 0.486 e. The summed E-state index contributed by atoms with van der Waals surface area (Å²) in [6.07, 6.45) is 1.67. The molecule has 148 valence electrons. The third kappa shape index (κ3) is 3.51. The number of benzene rings is 3. The van der Waals surface area contributed by atoms with Gasteiger partial charge < -0.3 is 19.2 Å². The van der Waals surface area contributed by atoms with Crippen LogP contribution < -0.4 is 14.8 Å². The molecular formula is C24H18N2O4. The highest BCUT2D eigenvalue weighted by Crippen LogP contribution is 2.33. The molecule has 0 saturated carbocycles. The second kappa shape index (κ2) is 7.75. The van der Waals surface area contributed by atoms with Crippen molar-refractivity contribution in [3.05, 3.63) is 84.6 Å². The number of rotatable bonds is 4. The summed E-state index contributed by atoms with van der Waals surface area (Å²) in [7, 11) is 0. The smallest absolute Gasteiger partial charge is 0.256 e. The van der Waals surface area contributed by atoms with Crippen LogP contribution in [0.25, 0.3) is 22.8 Å². The maximum absolute atomic E-state index is 13.0. The van der Waals surface area contributed by atoms with E-state index in [0.717, 1.165) is 5.56 Å². The number of anilines is 1. The van der Waals surface area contributed by atoms with Gasteiger partial charge in [0.2, 0.25) is 5.89 Å². The van der Waals surface area contributed by atoms with Gasteiger partial charge in [0.15, 0.2) is 17.3 Å². The van der Waals surface area contributed by atoms with Crippen LogP contribution >= 0.6 is 0 Å². The predicted octanol–water partition coefficient (Wildman–Crippen LogP) is 5.03. The van der Waals surface area contributed by atoms with Crippen LogP contribution in [-0.2, 0) is 0 Å². The molecule has 0 radical (unpaired) electrons. The second-order valence-corrected chi connectivity index (χ2v) is 6.75. The Hall–Kier alpha value is -4.06. The molecule has 0 unspecified atom stereocenters. The maximum atomic E-state index is 13.0. The van der Waals surface area contributed by atoms with Crippen LogP contribution in [0.1, 0.15) is 10.4 Å². The van der Waals surface area contributed by atoms with Crippen LogP contribution in [0, 0.1) is 0 Å². The molecule has 1 N–H and O–H groups in total. The number of hydrogen-bond acceptors (Lipinski definition) is 5. The molecule has 0 atom stereocenters. The number of oxazole rings is 1. The summed E-state index contributed by atoms with van der Waals surface area (Å²) in [4.78, 5) is 17.4. The number of hydrogen-bond donors (Lipinski definition) is 1. The van der Waals surface area contributed by atoms with E-state index in [-0.39, 0.29) is 5.91 Å². The molecule has 0 fully saturated rings. The van der Waals surface area contributed by atoms with Crippen LogP contribution in [-0.4, -0.2) is 24.1 Å². The highest BCUT2D eigenvalue weighted by Gasteiger charge is 2.18. The Balaban J connectivity index is 1.42. The molecule has 5 rings (SSSR count). The average Bonchev–Trinajstić information content (AvgIpc) is 3.30. The summed E-state index contributed by atoms with van der Waals surface area (Å²) in [5.74, 6) is 2.07. The molecule has 2 heterocycles. The Morgan fingerprint density at radius 3 is 2.50 bits per heavy atom. The van der Waals surface area contributed by atoms with Crippen molar-refractivity contribution in [3.63, 3.8) is 0 Å². The first-order valence-corrected chi connectivity index (χ1v) is 9.59. The minimum Gasteiger partial charge on any atom is -0.486 e. The number of ether oxygens (including phenoxy) is 2. The fraction of sp³-hybridized carbons (Fsp3) is 0.0833. The van der Waals surface area contributed by atoms with Gasteiger partial charge in [-0.05, 0) is 24.3 Å². The molecule has 3 aromatic carbocycles. The molecule has 0 spiro atoms. The predicted molar refractivity (Wildman–Crippen MR) is 113 cm³/mol. The number of carbonyl (C=O) groups excluding carboxylic acids is 1. The van der Waals surface area contributed by atoms with Crippen molar-refractivity contribution in [2.75, 3.05) is 18.5 Å². The van der Waals surface area contributed by atoms with E-state index in [0.29, 0.717) is 53.2 Å². The van der Waals surface area contributed by atoms with Crippen molar-refractivity contribution >= 4 is 11.6 Å². The van der Waals surface area contributed by atoms with Crippen LogP contribution in [0.5, 0.6) is 11.5 Å². The van der Waals surface area contributed by atoms with E-state index in [1.807, 2.05) is 48.5 Å². The highest BCUT2D eigenvalue weighted by molar-refractivity contribution is 6.08. The summed E-state index contributed by atoms with van der Waals surface area (Å²) in [6.45, 7) is 1.01. The molecule has 1 amide bonds. The van der Waals surface area contributed by atoms with Crippen LogP contribution in [0.3, 0.4) is 0 Å². The number of fused-ring (bicyclic) bond motifs is 1. The lowest BCUT2D eigenvalue weighted by Gasteiger charge is -2.19. The third-order valence-electron chi connectivity index (χ3n) is 4.77. The summed E-state index contributed by atoms with van der Waals surface area (Å²) in [6, 6.07) is 22.3. The van der Waals surface area contributed by atoms with E-state index in [4.69, 9.17) is 13.9 Å². The van der Waals surface area contributed by atoms with Crippen molar-refractivity contribution < 1.29 is 18.7 Å². The first kappa shape index (κ1) is 18.0. The SMILES string of the molecule is O=C(Nc1ccc2c(c1)OCCO2)c1ccccc1-c1ncc(-c2ccccc2)o1. The van der Waals surface area contributed by atoms with Gasteiger partial charge >= 0.3 is 0 Å². The Kier molecular flexibility index (Phi) is 4.65. The molecule has 1 aromatic heterocycles. The van der Waals surface area contributed by atoms with Crippen LogP contribution in [0.15, 0.2) is 83.4 Å². The lowest BCUT2D eigenvalue weighted by molar-refractivity contribution is 0.102. The second-order valence-electron chi connectivity index (χ2n) is 6.75. The quantitative estimate of drug-likeness (QED) is 0.522. The van der Waals surface area contributed by atoms with Gasteiger partial charge in [-0.1, -0.05) is 42.5 Å². The first-order chi connectivity index (χ1) is 14.8. The molecule has 1 aliphatic rings. The molecule has 1 aliphatic heterocycles. The Morgan fingerprint density at radius 2 is 1.63 bits per heavy atom. The first-order valence-electron chi connectivity index (χ1n) is 9.59. The standard InChI is InChI=1S/C24H18N2O4/c27-23(26-17-10-11-20-21(14-17)29-13-12-28-20)18-8-4-5-9-19(18)24-25-15-22(30-24)16-6-2-1-3-7-16/h1-11,14-15H,12-13H2,(H,26,27). The Morgan fingerprint density at radius 1 is 0.867 bits per heavy atom. The summed E-state index contributed by atoms with van der Waals surface area (Å²) in [5, 5.41) is 2.91. The molecule has 6 heteroatoms. The average molecular weight is 398 g/mol. The van der Waals surface area contributed by atoms with E-state index in [2.05, 4.69) is 10.3 Å². The minimum atomic E-state index is -0.262. The molecule has 4 aromatic rings. The summed E-state index contributed by atoms with van der Waals surface area (Å²) < 4.78 is 17.1. The van der Waals surface area contributed by atoms with Crippen LogP contribution in [0.2, 0.25) is 0 Å². The zero-order valence-electron chi connectivity index (χ0n) is 16.0. The zero-order valence-corrected chi connectivity index (χ0v) is 16.0. The van der Waals surface area contributed by atoms with Gasteiger partial charge in [0.25, 0.3) is 5.91 Å². The normalized spacial score (nSPS) is 12.4. The molecule has 30 heavy (non-hydrogen) atoms. The highest BCUT2D eigenvalue weighted by atomic mass is 16.6. The van der Waals surface area contributed by atoms with Crippen molar-refractivity contribution in [2.45, 2.75) is 0 Å². The summed E-state index contributed by atoms with van der Waals surface area (Å²) in [5.41, 5.74) is 2.63. The Bertz CT molecular complexity index is 1200. The van der Waals surface area contributed by atoms with Gasteiger partial charge in [-0.3, -0.25) is 4.79 Å². The van der Waals surface area contributed by atoms with E-state index in [1.165, 1.54) is 0 Å². The number of nitrogens with one attached hydrogen (secondary N) is 1. The number of nitrogens with zero attached hydrogens (tertiary/aromatic N) is 1. The molecule has 0 bridgehead atoms. The molecule has 0 saturated heterocycles. The van der Waals surface area contributed by atoms with Gasteiger partial charge in [-0.25, -0.2) is 4.98 Å². The summed E-state index contributed by atoms with van der Waals surface area (Å²) >= 11 is 0. The lowest BCUT2D eigenvalue weighted by Crippen LogP contribution is -2.16.